The molecule has 0 aliphatic heterocycles. The summed E-state index contributed by atoms with van der Waals surface area (Å²) in [6.07, 6.45) is 2.03. The number of carbonyl (C=O) groups is 1. The lowest BCUT2D eigenvalue weighted by Gasteiger charge is -2.02. The minimum absolute atomic E-state index is 0.101. The van der Waals surface area contributed by atoms with Crippen molar-refractivity contribution in [2.75, 3.05) is 7.11 Å². The Kier molecular flexibility index (Phi) is 3.54. The monoisotopic (exact) mass is 247 g/mol. The molecule has 17 heavy (non-hydrogen) atoms. The molecule has 1 aromatic carbocycles. The minimum Gasteiger partial charge on any atom is -0.497 e. The van der Waals surface area contributed by atoms with E-state index in [0.29, 0.717) is 11.3 Å². The topological polar surface area (TPSA) is 39.2 Å². The van der Waals surface area contributed by atoms with Crippen LogP contribution < -0.4 is 4.74 Å². The van der Waals surface area contributed by atoms with Crippen LogP contribution in [0.4, 0.5) is 0 Å². The van der Waals surface area contributed by atoms with E-state index in [1.165, 1.54) is 11.3 Å². The summed E-state index contributed by atoms with van der Waals surface area (Å²) in [6, 6.07) is 7.56. The summed E-state index contributed by atoms with van der Waals surface area (Å²) < 4.78 is 5.13. The fraction of sp³-hybridized carbons (Fsp3) is 0.231. The van der Waals surface area contributed by atoms with Gasteiger partial charge < -0.3 is 4.74 Å². The molecule has 1 aromatic heterocycles. The predicted octanol–water partition coefficient (Wildman–Crippen LogP) is 2.89. The maximum atomic E-state index is 12.0. The van der Waals surface area contributed by atoms with Crippen LogP contribution in [0, 0.1) is 6.92 Å². The van der Waals surface area contributed by atoms with Gasteiger partial charge in [-0.05, 0) is 24.6 Å². The van der Waals surface area contributed by atoms with Crippen molar-refractivity contribution < 1.29 is 9.53 Å². The van der Waals surface area contributed by atoms with Crippen molar-refractivity contribution in [2.45, 2.75) is 13.3 Å². The van der Waals surface area contributed by atoms with Gasteiger partial charge in [-0.1, -0.05) is 12.1 Å². The second-order valence-corrected chi connectivity index (χ2v) is 4.93. The molecule has 2 rings (SSSR count). The van der Waals surface area contributed by atoms with Gasteiger partial charge in [0.25, 0.3) is 0 Å². The zero-order valence-corrected chi connectivity index (χ0v) is 10.6. The number of nitrogens with zero attached hydrogens (tertiary/aromatic N) is 1. The highest BCUT2D eigenvalue weighted by molar-refractivity contribution is 7.13. The zero-order chi connectivity index (χ0) is 12.3. The lowest BCUT2D eigenvalue weighted by Crippen LogP contribution is -2.01. The summed E-state index contributed by atoms with van der Waals surface area (Å²) >= 11 is 1.43. The van der Waals surface area contributed by atoms with Crippen molar-refractivity contribution in [1.82, 2.24) is 4.98 Å². The number of carbonyl (C=O) groups excluding carboxylic acids is 1. The molecule has 0 bridgehead atoms. The largest absolute Gasteiger partial charge is 0.497 e. The number of thiazole rings is 1. The lowest BCUT2D eigenvalue weighted by molar-refractivity contribution is 0.0996. The number of hydrogen-bond donors (Lipinski definition) is 0. The van der Waals surface area contributed by atoms with E-state index < -0.39 is 0 Å². The van der Waals surface area contributed by atoms with Crippen LogP contribution in [0.5, 0.6) is 5.75 Å². The average molecular weight is 247 g/mol. The molecule has 0 atom stereocenters. The van der Waals surface area contributed by atoms with E-state index in [4.69, 9.17) is 4.74 Å². The molecule has 0 N–H and O–H groups in total. The second kappa shape index (κ2) is 5.10. The van der Waals surface area contributed by atoms with Gasteiger partial charge in [0.05, 0.1) is 17.0 Å². The summed E-state index contributed by atoms with van der Waals surface area (Å²) in [4.78, 5) is 16.8. The molecular weight excluding hydrogens is 234 g/mol. The van der Waals surface area contributed by atoms with Crippen LogP contribution in [-0.4, -0.2) is 17.9 Å². The van der Waals surface area contributed by atoms with Gasteiger partial charge in [-0.15, -0.1) is 11.3 Å². The number of ether oxygens (including phenoxy) is 1. The van der Waals surface area contributed by atoms with Gasteiger partial charge in [0.15, 0.2) is 5.78 Å². The van der Waals surface area contributed by atoms with E-state index in [0.717, 1.165) is 16.3 Å². The smallest absolute Gasteiger partial charge is 0.178 e. The number of hydrogen-bond acceptors (Lipinski definition) is 4. The Bertz CT molecular complexity index is 534. The third-order valence-corrected chi connectivity index (χ3v) is 3.35. The molecule has 0 spiro atoms. The Balaban J connectivity index is 2.12. The van der Waals surface area contributed by atoms with Gasteiger partial charge >= 0.3 is 0 Å². The normalized spacial score (nSPS) is 10.2. The van der Waals surface area contributed by atoms with E-state index in [2.05, 4.69) is 4.98 Å². The number of aromatic nitrogens is 1. The molecule has 4 heteroatoms. The molecule has 0 saturated heterocycles. The fourth-order valence-electron chi connectivity index (χ4n) is 1.55. The van der Waals surface area contributed by atoms with E-state index in [-0.39, 0.29) is 5.78 Å². The summed E-state index contributed by atoms with van der Waals surface area (Å²) in [7, 11) is 1.62. The van der Waals surface area contributed by atoms with E-state index in [1.807, 2.05) is 31.2 Å². The standard InChI is InChI=1S/C13H13NO2S/c1-9-14-8-13(17-9)12(15)7-10-4-3-5-11(6-10)16-2/h3-6,8H,7H2,1-2H3. The predicted molar refractivity (Wildman–Crippen MR) is 67.9 cm³/mol. The third-order valence-electron chi connectivity index (χ3n) is 2.39. The summed E-state index contributed by atoms with van der Waals surface area (Å²) in [6.45, 7) is 1.90. The first-order chi connectivity index (χ1) is 8.19. The Morgan fingerprint density at radius 1 is 1.47 bits per heavy atom. The van der Waals surface area contributed by atoms with Crippen molar-refractivity contribution >= 4 is 17.1 Å². The molecule has 3 nitrogen and oxygen atoms in total. The number of Topliss-reactive ketones (excluding diaryl/α,β-unsaturated/α-hetero) is 1. The number of benzene rings is 1. The molecule has 0 saturated carbocycles. The Morgan fingerprint density at radius 2 is 2.29 bits per heavy atom. The van der Waals surface area contributed by atoms with E-state index in [1.54, 1.807) is 13.3 Å². The minimum atomic E-state index is 0.101. The Morgan fingerprint density at radius 3 is 2.94 bits per heavy atom. The fourth-order valence-corrected chi connectivity index (χ4v) is 2.26. The van der Waals surface area contributed by atoms with Crippen molar-refractivity contribution in [3.8, 4) is 5.75 Å². The summed E-state index contributed by atoms with van der Waals surface area (Å²) in [5, 5.41) is 0.916. The van der Waals surface area contributed by atoms with Gasteiger partial charge in [-0.2, -0.15) is 0 Å². The van der Waals surface area contributed by atoms with Crippen LogP contribution in [-0.2, 0) is 6.42 Å². The molecule has 0 fully saturated rings. The highest BCUT2D eigenvalue weighted by Crippen LogP contribution is 2.17. The highest BCUT2D eigenvalue weighted by Gasteiger charge is 2.10. The quantitative estimate of drug-likeness (QED) is 0.780. The first-order valence-electron chi connectivity index (χ1n) is 5.27. The lowest BCUT2D eigenvalue weighted by atomic mass is 10.1. The zero-order valence-electron chi connectivity index (χ0n) is 9.77. The molecule has 0 amide bonds. The van der Waals surface area contributed by atoms with Crippen molar-refractivity contribution in [1.29, 1.82) is 0 Å². The molecule has 0 aliphatic carbocycles. The van der Waals surface area contributed by atoms with Crippen molar-refractivity contribution in [2.24, 2.45) is 0 Å². The van der Waals surface area contributed by atoms with E-state index >= 15 is 0 Å². The maximum Gasteiger partial charge on any atom is 0.178 e. The highest BCUT2D eigenvalue weighted by atomic mass is 32.1. The first kappa shape index (κ1) is 11.8. The van der Waals surface area contributed by atoms with Crippen molar-refractivity contribution in [3.63, 3.8) is 0 Å². The van der Waals surface area contributed by atoms with Gasteiger partial charge in [0, 0.05) is 12.6 Å². The van der Waals surface area contributed by atoms with Crippen LogP contribution in [0.15, 0.2) is 30.5 Å². The van der Waals surface area contributed by atoms with Crippen LogP contribution in [0.25, 0.3) is 0 Å². The molecular formula is C13H13NO2S. The van der Waals surface area contributed by atoms with E-state index in [9.17, 15) is 4.79 Å². The number of methoxy groups -OCH3 is 1. The van der Waals surface area contributed by atoms with Crippen LogP contribution in [0.2, 0.25) is 0 Å². The summed E-state index contributed by atoms with van der Waals surface area (Å²) in [5.74, 6) is 0.875. The molecule has 0 unspecified atom stereocenters. The number of ketones is 1. The van der Waals surface area contributed by atoms with Crippen molar-refractivity contribution in [3.05, 3.63) is 45.9 Å². The molecule has 88 valence electrons. The maximum absolute atomic E-state index is 12.0. The van der Waals surface area contributed by atoms with Gasteiger partial charge in [-0.3, -0.25) is 4.79 Å². The van der Waals surface area contributed by atoms with Crippen LogP contribution in [0.3, 0.4) is 0 Å². The molecule has 0 radical (unpaired) electrons. The number of rotatable bonds is 4. The molecule has 2 aromatic rings. The van der Waals surface area contributed by atoms with Gasteiger partial charge in [-0.25, -0.2) is 4.98 Å². The van der Waals surface area contributed by atoms with Crippen LogP contribution >= 0.6 is 11.3 Å². The Hall–Kier alpha value is -1.68. The van der Waals surface area contributed by atoms with Gasteiger partial charge in [0.2, 0.25) is 0 Å². The van der Waals surface area contributed by atoms with Crippen LogP contribution in [0.1, 0.15) is 20.2 Å². The third kappa shape index (κ3) is 2.91. The first-order valence-corrected chi connectivity index (χ1v) is 6.09. The SMILES string of the molecule is COc1cccc(CC(=O)c2cnc(C)s2)c1. The Labute approximate surface area is 104 Å². The average Bonchev–Trinajstić information content (AvgIpc) is 2.76. The molecule has 0 aliphatic rings. The second-order valence-electron chi connectivity index (χ2n) is 3.70. The van der Waals surface area contributed by atoms with Gasteiger partial charge in [0.1, 0.15) is 5.75 Å². The summed E-state index contributed by atoms with van der Waals surface area (Å²) in [5.41, 5.74) is 0.959. The molecule has 1 heterocycles. The number of aryl methyl sites for hydroxylation is 1.